The summed E-state index contributed by atoms with van der Waals surface area (Å²) in [5.41, 5.74) is 0. The molecule has 0 bridgehead atoms. The van der Waals surface area contributed by atoms with Gasteiger partial charge < -0.3 is 4.74 Å². The van der Waals surface area contributed by atoms with Crippen LogP contribution in [-0.2, 0) is 9.53 Å². The third-order valence-electron chi connectivity index (χ3n) is 0.711. The molecule has 1 rings (SSSR count). The van der Waals surface area contributed by atoms with Gasteiger partial charge in [0, 0.05) is 6.54 Å². The predicted octanol–water partition coefficient (Wildman–Crippen LogP) is -0.705. The van der Waals surface area contributed by atoms with Crippen molar-refractivity contribution in [3.05, 3.63) is 6.54 Å². The van der Waals surface area contributed by atoms with Crippen molar-refractivity contribution in [2.24, 2.45) is 0 Å². The Morgan fingerprint density at radius 1 is 1.86 bits per heavy atom. The molecule has 0 aliphatic carbocycles. The van der Waals surface area contributed by atoms with E-state index in [1.54, 1.807) is 0 Å². The van der Waals surface area contributed by atoms with Gasteiger partial charge >= 0.3 is 5.97 Å². The fourth-order valence-corrected chi connectivity index (χ4v) is 0.408. The third-order valence-corrected chi connectivity index (χ3v) is 0.711. The van der Waals surface area contributed by atoms with Crippen LogP contribution in [0.1, 0.15) is 0 Å². The van der Waals surface area contributed by atoms with Crippen molar-refractivity contribution in [2.75, 3.05) is 13.2 Å². The van der Waals surface area contributed by atoms with E-state index in [9.17, 15) is 4.79 Å². The van der Waals surface area contributed by atoms with Crippen molar-refractivity contribution in [3.8, 4) is 0 Å². The number of rotatable bonds is 0. The Morgan fingerprint density at radius 3 is 3.00 bits per heavy atom. The summed E-state index contributed by atoms with van der Waals surface area (Å²) >= 11 is 0. The molecule has 3 heteroatoms. The fourth-order valence-electron chi connectivity index (χ4n) is 0.408. The molecule has 39 valence electrons. The SMILES string of the molecule is O=C1[CH]NCCO1. The summed E-state index contributed by atoms with van der Waals surface area (Å²) in [4.78, 5) is 10.1. The van der Waals surface area contributed by atoms with Crippen LogP contribution in [-0.4, -0.2) is 19.1 Å². The summed E-state index contributed by atoms with van der Waals surface area (Å²) in [5.74, 6) is -0.272. The second-order valence-corrected chi connectivity index (χ2v) is 1.27. The Bertz CT molecular complexity index is 73.8. The molecule has 0 unspecified atom stereocenters. The maximum atomic E-state index is 10.1. The fraction of sp³-hybridized carbons (Fsp3) is 0.500. The predicted molar refractivity (Wildman–Crippen MR) is 23.3 cm³/mol. The lowest BCUT2D eigenvalue weighted by Gasteiger charge is -2.09. The molecule has 7 heavy (non-hydrogen) atoms. The van der Waals surface area contributed by atoms with Gasteiger partial charge in [-0.2, -0.15) is 0 Å². The molecular formula is C4H6NO2. The summed E-state index contributed by atoms with van der Waals surface area (Å²) in [7, 11) is 0. The highest BCUT2D eigenvalue weighted by atomic mass is 16.5. The first-order valence-electron chi connectivity index (χ1n) is 2.13. The van der Waals surface area contributed by atoms with Crippen LogP contribution in [0.2, 0.25) is 0 Å². The summed E-state index contributed by atoms with van der Waals surface area (Å²) in [6, 6.07) is 0. The van der Waals surface area contributed by atoms with E-state index in [0.717, 1.165) is 6.54 Å². The molecule has 1 aliphatic rings. The number of carbonyl (C=O) groups excluding carboxylic acids is 1. The second kappa shape index (κ2) is 1.93. The minimum absolute atomic E-state index is 0.272. The number of morpholine rings is 1. The lowest BCUT2D eigenvalue weighted by molar-refractivity contribution is -0.141. The van der Waals surface area contributed by atoms with E-state index >= 15 is 0 Å². The monoisotopic (exact) mass is 100 g/mol. The van der Waals surface area contributed by atoms with Gasteiger partial charge in [0.05, 0.1) is 0 Å². The quantitative estimate of drug-likeness (QED) is 0.409. The van der Waals surface area contributed by atoms with E-state index in [0.29, 0.717) is 6.61 Å². The van der Waals surface area contributed by atoms with Gasteiger partial charge in [-0.3, -0.25) is 10.1 Å². The Kier molecular flexibility index (Phi) is 1.26. The summed E-state index contributed by atoms with van der Waals surface area (Å²) in [5, 5.41) is 2.73. The highest BCUT2D eigenvalue weighted by molar-refractivity contribution is 5.78. The molecule has 1 radical (unpaired) electrons. The summed E-state index contributed by atoms with van der Waals surface area (Å²) in [6.45, 7) is 2.56. The number of cyclic esters (lactones) is 1. The first-order valence-corrected chi connectivity index (χ1v) is 2.13. The lowest BCUT2D eigenvalue weighted by Crippen LogP contribution is -2.30. The second-order valence-electron chi connectivity index (χ2n) is 1.27. The first kappa shape index (κ1) is 4.59. The van der Waals surface area contributed by atoms with Crippen LogP contribution >= 0.6 is 0 Å². The van der Waals surface area contributed by atoms with Crippen molar-refractivity contribution in [3.63, 3.8) is 0 Å². The van der Waals surface area contributed by atoms with Gasteiger partial charge in [-0.1, -0.05) is 0 Å². The molecule has 1 fully saturated rings. The molecule has 0 atom stereocenters. The molecular weight excluding hydrogens is 94.0 g/mol. The van der Waals surface area contributed by atoms with E-state index < -0.39 is 0 Å². The molecule has 1 aliphatic heterocycles. The number of carbonyl (C=O) groups is 1. The van der Waals surface area contributed by atoms with Crippen molar-refractivity contribution in [2.45, 2.75) is 0 Å². The molecule has 0 spiro atoms. The lowest BCUT2D eigenvalue weighted by atomic mass is 10.5. The van der Waals surface area contributed by atoms with Gasteiger partial charge in [-0.05, 0) is 0 Å². The van der Waals surface area contributed by atoms with Crippen LogP contribution in [0.3, 0.4) is 0 Å². The van der Waals surface area contributed by atoms with Crippen LogP contribution in [0.15, 0.2) is 0 Å². The molecule has 0 saturated carbocycles. The smallest absolute Gasteiger partial charge is 0.325 e. The van der Waals surface area contributed by atoms with Crippen molar-refractivity contribution in [1.29, 1.82) is 0 Å². The van der Waals surface area contributed by atoms with E-state index in [1.165, 1.54) is 6.54 Å². The van der Waals surface area contributed by atoms with Gasteiger partial charge in [-0.15, -0.1) is 0 Å². The van der Waals surface area contributed by atoms with Gasteiger partial charge in [-0.25, -0.2) is 0 Å². The van der Waals surface area contributed by atoms with Crippen LogP contribution < -0.4 is 5.32 Å². The maximum absolute atomic E-state index is 10.1. The number of ether oxygens (including phenoxy) is 1. The van der Waals surface area contributed by atoms with Crippen LogP contribution in [0, 0.1) is 6.54 Å². The van der Waals surface area contributed by atoms with Crippen molar-refractivity contribution < 1.29 is 9.53 Å². The van der Waals surface area contributed by atoms with Gasteiger partial charge in [0.15, 0.2) is 0 Å². The van der Waals surface area contributed by atoms with Gasteiger partial charge in [0.25, 0.3) is 0 Å². The van der Waals surface area contributed by atoms with E-state index in [-0.39, 0.29) is 5.97 Å². The Hall–Kier alpha value is -0.570. The van der Waals surface area contributed by atoms with Crippen LogP contribution in [0.4, 0.5) is 0 Å². The highest BCUT2D eigenvalue weighted by Crippen LogP contribution is 1.85. The molecule has 0 amide bonds. The molecule has 0 aromatic carbocycles. The first-order chi connectivity index (χ1) is 3.39. The average molecular weight is 100 g/mol. The van der Waals surface area contributed by atoms with Crippen LogP contribution in [0.25, 0.3) is 0 Å². The van der Waals surface area contributed by atoms with E-state index in [2.05, 4.69) is 10.1 Å². The minimum atomic E-state index is -0.272. The summed E-state index contributed by atoms with van der Waals surface area (Å²) in [6.07, 6.45) is 0. The molecule has 1 saturated heterocycles. The Balaban J connectivity index is 2.25. The Labute approximate surface area is 41.7 Å². The highest BCUT2D eigenvalue weighted by Gasteiger charge is 2.06. The van der Waals surface area contributed by atoms with Gasteiger partial charge in [0.1, 0.15) is 13.2 Å². The average Bonchev–Trinajstić information content (AvgIpc) is 1.69. The maximum Gasteiger partial charge on any atom is 0.325 e. The minimum Gasteiger partial charge on any atom is -0.463 e. The third kappa shape index (κ3) is 1.16. The summed E-state index contributed by atoms with van der Waals surface area (Å²) < 4.78 is 4.52. The van der Waals surface area contributed by atoms with Crippen LogP contribution in [0.5, 0.6) is 0 Å². The molecule has 0 aromatic rings. The van der Waals surface area contributed by atoms with E-state index in [4.69, 9.17) is 0 Å². The number of hydrogen-bond acceptors (Lipinski definition) is 3. The van der Waals surface area contributed by atoms with Gasteiger partial charge in [0.2, 0.25) is 0 Å². The zero-order valence-electron chi connectivity index (χ0n) is 3.81. The molecule has 1 heterocycles. The Morgan fingerprint density at radius 2 is 2.71 bits per heavy atom. The van der Waals surface area contributed by atoms with Crippen molar-refractivity contribution in [1.82, 2.24) is 5.32 Å². The number of esters is 1. The van der Waals surface area contributed by atoms with E-state index in [1.807, 2.05) is 0 Å². The number of hydrogen-bond donors (Lipinski definition) is 1. The molecule has 0 aromatic heterocycles. The largest absolute Gasteiger partial charge is 0.463 e. The molecule has 1 N–H and O–H groups in total. The molecule has 3 nitrogen and oxygen atoms in total. The normalized spacial score (nSPS) is 21.4. The van der Waals surface area contributed by atoms with Crippen molar-refractivity contribution >= 4 is 5.97 Å². The number of nitrogens with one attached hydrogen (secondary N) is 1. The topological polar surface area (TPSA) is 38.3 Å². The zero-order valence-corrected chi connectivity index (χ0v) is 3.81. The zero-order chi connectivity index (χ0) is 5.11. The standard InChI is InChI=1S/C4H6NO2/c6-4-3-5-1-2-7-4/h3,5H,1-2H2.